The molecule has 7 heteroatoms. The third-order valence-corrected chi connectivity index (χ3v) is 6.33. The van der Waals surface area contributed by atoms with Gasteiger partial charge in [0.15, 0.2) is 0 Å². The molecule has 0 fully saturated rings. The summed E-state index contributed by atoms with van der Waals surface area (Å²) in [6, 6.07) is 8.47. The molecule has 0 saturated carbocycles. The second-order valence-corrected chi connectivity index (χ2v) is 9.32. The maximum absolute atomic E-state index is 13.6. The molecule has 1 rings (SSSR count). The number of hydrogen-bond donors (Lipinski definition) is 2. The van der Waals surface area contributed by atoms with Crippen LogP contribution in [0.15, 0.2) is 42.0 Å². The summed E-state index contributed by atoms with van der Waals surface area (Å²) in [5.41, 5.74) is 0.342. The van der Waals surface area contributed by atoms with Crippen molar-refractivity contribution in [3.05, 3.63) is 47.5 Å². The van der Waals surface area contributed by atoms with Crippen molar-refractivity contribution in [2.45, 2.75) is 72.5 Å². The molecular formula is C27H43N3O4. The molecule has 0 aliphatic carbocycles. The molecule has 0 bridgehead atoms. The average Bonchev–Trinajstić information content (AvgIpc) is 2.81. The molecular weight excluding hydrogens is 430 g/mol. The maximum atomic E-state index is 13.6. The zero-order chi connectivity index (χ0) is 26.1. The molecule has 1 aromatic carbocycles. The Balaban J connectivity index is 3.25. The molecule has 0 aromatic heterocycles. The molecule has 190 valence electrons. The number of benzene rings is 1. The zero-order valence-electron chi connectivity index (χ0n) is 22.3. The fourth-order valence-electron chi connectivity index (χ4n) is 4.12. The van der Waals surface area contributed by atoms with Crippen LogP contribution in [0.1, 0.15) is 60.5 Å². The number of amides is 2. The van der Waals surface area contributed by atoms with Crippen LogP contribution in [-0.2, 0) is 24.7 Å². The van der Waals surface area contributed by atoms with Crippen LogP contribution in [0.3, 0.4) is 0 Å². The number of esters is 1. The first-order valence-electron chi connectivity index (χ1n) is 12.1. The van der Waals surface area contributed by atoms with Gasteiger partial charge >= 0.3 is 5.97 Å². The monoisotopic (exact) mass is 473 g/mol. The highest BCUT2D eigenvalue weighted by Gasteiger charge is 2.40. The van der Waals surface area contributed by atoms with Gasteiger partial charge in [-0.05, 0) is 44.7 Å². The Morgan fingerprint density at radius 3 is 2.09 bits per heavy atom. The molecule has 0 saturated heterocycles. The molecule has 2 N–H and O–H groups in total. The van der Waals surface area contributed by atoms with Crippen LogP contribution in [0.25, 0.3) is 0 Å². The van der Waals surface area contributed by atoms with E-state index in [1.54, 1.807) is 38.9 Å². The summed E-state index contributed by atoms with van der Waals surface area (Å²) in [5, 5.41) is 6.21. The summed E-state index contributed by atoms with van der Waals surface area (Å²) < 4.78 is 5.09. The number of ether oxygens (including phenoxy) is 1. The quantitative estimate of drug-likeness (QED) is 0.357. The van der Waals surface area contributed by atoms with Gasteiger partial charge in [-0.15, -0.1) is 0 Å². The first-order chi connectivity index (χ1) is 16.0. The average molecular weight is 474 g/mol. The van der Waals surface area contributed by atoms with Crippen molar-refractivity contribution in [2.24, 2.45) is 11.8 Å². The summed E-state index contributed by atoms with van der Waals surface area (Å²) in [6.07, 6.45) is 2.29. The van der Waals surface area contributed by atoms with E-state index < -0.39 is 17.6 Å². The number of likely N-dealkylation sites (N-methyl/N-ethyl adjacent to an activating group) is 2. The lowest BCUT2D eigenvalue weighted by Crippen LogP contribution is -2.60. The predicted octanol–water partition coefficient (Wildman–Crippen LogP) is 3.64. The molecule has 3 unspecified atom stereocenters. The summed E-state index contributed by atoms with van der Waals surface area (Å²) >= 11 is 0. The number of carbonyl (C=O) groups excluding carboxylic acids is 3. The van der Waals surface area contributed by atoms with E-state index in [4.69, 9.17) is 4.74 Å². The van der Waals surface area contributed by atoms with E-state index in [1.807, 2.05) is 65.0 Å². The van der Waals surface area contributed by atoms with E-state index in [0.717, 1.165) is 5.56 Å². The van der Waals surface area contributed by atoms with Crippen LogP contribution < -0.4 is 10.6 Å². The molecule has 7 nitrogen and oxygen atoms in total. The van der Waals surface area contributed by atoms with E-state index in [9.17, 15) is 14.4 Å². The van der Waals surface area contributed by atoms with Crippen molar-refractivity contribution in [1.29, 1.82) is 0 Å². The predicted molar refractivity (Wildman–Crippen MR) is 136 cm³/mol. The summed E-state index contributed by atoms with van der Waals surface area (Å²) in [7, 11) is 3.47. The Hall–Kier alpha value is -2.67. The highest BCUT2D eigenvalue weighted by atomic mass is 16.5. The van der Waals surface area contributed by atoms with Crippen molar-refractivity contribution in [1.82, 2.24) is 15.5 Å². The molecule has 1 aromatic rings. The number of rotatable bonds is 12. The van der Waals surface area contributed by atoms with E-state index in [-0.39, 0.29) is 29.7 Å². The van der Waals surface area contributed by atoms with Gasteiger partial charge in [0.05, 0.1) is 12.6 Å². The van der Waals surface area contributed by atoms with Crippen LogP contribution in [-0.4, -0.2) is 55.5 Å². The highest BCUT2D eigenvalue weighted by molar-refractivity contribution is 5.93. The highest BCUT2D eigenvalue weighted by Crippen LogP contribution is 2.26. The molecule has 3 atom stereocenters. The lowest BCUT2D eigenvalue weighted by molar-refractivity contribution is -0.140. The maximum Gasteiger partial charge on any atom is 0.333 e. The van der Waals surface area contributed by atoms with Crippen molar-refractivity contribution < 1.29 is 19.1 Å². The molecule has 0 radical (unpaired) electrons. The Labute approximate surface area is 205 Å². The van der Waals surface area contributed by atoms with Crippen LogP contribution in [0, 0.1) is 11.8 Å². The fraction of sp³-hybridized carbons (Fsp3) is 0.593. The van der Waals surface area contributed by atoms with Crippen molar-refractivity contribution in [2.75, 3.05) is 20.7 Å². The fourth-order valence-corrected chi connectivity index (χ4v) is 4.12. The van der Waals surface area contributed by atoms with Crippen molar-refractivity contribution >= 4 is 17.8 Å². The van der Waals surface area contributed by atoms with Gasteiger partial charge in [-0.2, -0.15) is 0 Å². The minimum atomic E-state index is -0.953. The topological polar surface area (TPSA) is 87.7 Å². The lowest BCUT2D eigenvalue weighted by atomic mass is 9.85. The normalized spacial score (nSPS) is 15.4. The largest absolute Gasteiger partial charge is 0.463 e. The minimum Gasteiger partial charge on any atom is -0.463 e. The summed E-state index contributed by atoms with van der Waals surface area (Å²) in [5.74, 6) is -0.929. The summed E-state index contributed by atoms with van der Waals surface area (Å²) in [4.78, 5) is 41.0. The van der Waals surface area contributed by atoms with Crippen LogP contribution >= 0.6 is 0 Å². The van der Waals surface area contributed by atoms with E-state index in [1.165, 1.54) is 0 Å². The van der Waals surface area contributed by atoms with E-state index in [0.29, 0.717) is 18.6 Å². The van der Waals surface area contributed by atoms with Gasteiger partial charge in [-0.25, -0.2) is 4.79 Å². The van der Waals surface area contributed by atoms with Crippen LogP contribution in [0.5, 0.6) is 0 Å². The Kier molecular flexibility index (Phi) is 11.5. The number of nitrogens with one attached hydrogen (secondary N) is 2. The molecule has 0 spiro atoms. The van der Waals surface area contributed by atoms with Gasteiger partial charge in [-0.3, -0.25) is 9.59 Å². The number of carbonyl (C=O) groups is 3. The SMILES string of the molecule is CCOC(=O)/C(C)=C/C(C(C)C)N(C)C(=O)C(NC(=O)C(CC)(NC)c1ccccc1)C(C)C. The van der Waals surface area contributed by atoms with E-state index >= 15 is 0 Å². The molecule has 0 heterocycles. The van der Waals surface area contributed by atoms with Crippen LogP contribution in [0.2, 0.25) is 0 Å². The molecule has 34 heavy (non-hydrogen) atoms. The second-order valence-electron chi connectivity index (χ2n) is 9.32. The lowest BCUT2D eigenvalue weighted by Gasteiger charge is -2.37. The molecule has 0 aliphatic heterocycles. The second kappa shape index (κ2) is 13.3. The van der Waals surface area contributed by atoms with Crippen molar-refractivity contribution in [3.63, 3.8) is 0 Å². The van der Waals surface area contributed by atoms with Gasteiger partial charge in [-0.1, -0.05) is 71.0 Å². The Bertz CT molecular complexity index is 845. The van der Waals surface area contributed by atoms with Gasteiger partial charge < -0.3 is 20.3 Å². The standard InChI is InChI=1S/C27H43N3O4/c1-10-27(28-8,21-15-13-12-14-16-21)26(33)29-23(19(5)6)24(31)30(9)22(18(3)4)17-20(7)25(32)34-11-2/h12-19,22-23,28H,10-11H2,1-9H3,(H,29,33)/b20-17+. The van der Waals surface area contributed by atoms with Crippen molar-refractivity contribution in [3.8, 4) is 0 Å². The Morgan fingerprint density at radius 2 is 1.65 bits per heavy atom. The van der Waals surface area contributed by atoms with Gasteiger partial charge in [0, 0.05) is 12.6 Å². The minimum absolute atomic E-state index is 0.0539. The van der Waals surface area contributed by atoms with Gasteiger partial charge in [0.1, 0.15) is 11.6 Å². The number of hydrogen-bond acceptors (Lipinski definition) is 5. The third kappa shape index (κ3) is 6.92. The number of nitrogens with zero attached hydrogens (tertiary/aromatic N) is 1. The third-order valence-electron chi connectivity index (χ3n) is 6.33. The molecule has 2 amide bonds. The Morgan fingerprint density at radius 1 is 1.06 bits per heavy atom. The molecule has 0 aliphatic rings. The van der Waals surface area contributed by atoms with Gasteiger partial charge in [0.2, 0.25) is 11.8 Å². The van der Waals surface area contributed by atoms with Crippen LogP contribution in [0.4, 0.5) is 0 Å². The first-order valence-corrected chi connectivity index (χ1v) is 12.1. The smallest absolute Gasteiger partial charge is 0.333 e. The van der Waals surface area contributed by atoms with Gasteiger partial charge in [0.25, 0.3) is 0 Å². The van der Waals surface area contributed by atoms with E-state index in [2.05, 4.69) is 10.6 Å². The first kappa shape index (κ1) is 29.4. The summed E-state index contributed by atoms with van der Waals surface area (Å²) in [6.45, 7) is 13.5. The zero-order valence-corrected chi connectivity index (χ0v) is 22.3.